The number of rotatable bonds is 7. The van der Waals surface area contributed by atoms with E-state index in [1.807, 2.05) is 18.2 Å². The van der Waals surface area contributed by atoms with Gasteiger partial charge in [0.1, 0.15) is 17.7 Å². The minimum Gasteiger partial charge on any atom is -0.368 e. The van der Waals surface area contributed by atoms with Crippen LogP contribution in [-0.2, 0) is 6.42 Å². The molecule has 0 aliphatic heterocycles. The van der Waals surface area contributed by atoms with Gasteiger partial charge in [-0.15, -0.1) is 0 Å². The molecular weight excluding hydrogens is 326 g/mol. The van der Waals surface area contributed by atoms with Gasteiger partial charge in [-0.2, -0.15) is 5.26 Å². The van der Waals surface area contributed by atoms with Gasteiger partial charge in [-0.3, -0.25) is 4.98 Å². The Morgan fingerprint density at radius 3 is 2.62 bits per heavy atom. The molecular formula is C19H19N7. The summed E-state index contributed by atoms with van der Waals surface area (Å²) in [6.07, 6.45) is 5.95. The van der Waals surface area contributed by atoms with Crippen molar-refractivity contribution in [2.75, 3.05) is 23.7 Å². The number of nitrogens with zero attached hydrogens (tertiary/aromatic N) is 5. The lowest BCUT2D eigenvalue weighted by Crippen LogP contribution is -2.16. The van der Waals surface area contributed by atoms with E-state index < -0.39 is 0 Å². The second-order valence-electron chi connectivity index (χ2n) is 5.52. The van der Waals surface area contributed by atoms with Gasteiger partial charge in [-0.05, 0) is 30.7 Å². The van der Waals surface area contributed by atoms with Gasteiger partial charge < -0.3 is 10.6 Å². The van der Waals surface area contributed by atoms with Crippen molar-refractivity contribution in [3.8, 4) is 17.5 Å². The predicted molar refractivity (Wildman–Crippen MR) is 101 cm³/mol. The van der Waals surface area contributed by atoms with Crippen LogP contribution in [0.5, 0.6) is 0 Å². The monoisotopic (exact) mass is 345 g/mol. The van der Waals surface area contributed by atoms with Gasteiger partial charge in [0.2, 0.25) is 0 Å². The zero-order valence-electron chi connectivity index (χ0n) is 14.5. The van der Waals surface area contributed by atoms with Gasteiger partial charge in [0.05, 0.1) is 5.56 Å². The summed E-state index contributed by atoms with van der Waals surface area (Å²) in [5.41, 5.74) is 2.44. The topological polar surface area (TPSA) is 99.4 Å². The lowest BCUT2D eigenvalue weighted by Gasteiger charge is -2.11. The average molecular weight is 345 g/mol. The molecule has 0 saturated heterocycles. The van der Waals surface area contributed by atoms with Crippen LogP contribution in [0.1, 0.15) is 18.2 Å². The number of hydrogen-bond acceptors (Lipinski definition) is 7. The predicted octanol–water partition coefficient (Wildman–Crippen LogP) is 2.89. The molecule has 0 amide bonds. The van der Waals surface area contributed by atoms with E-state index in [0.717, 1.165) is 23.5 Å². The molecule has 7 heteroatoms. The highest BCUT2D eigenvalue weighted by molar-refractivity contribution is 5.57. The zero-order chi connectivity index (χ0) is 18.2. The molecule has 3 aromatic rings. The maximum absolute atomic E-state index is 9.08. The van der Waals surface area contributed by atoms with E-state index in [1.165, 1.54) is 0 Å². The number of hydrogen-bond donors (Lipinski definition) is 2. The number of nitrogens with one attached hydrogen (secondary N) is 2. The standard InChI is InChI=1S/C19H19N7/c1-2-16-12-17(26-19(25-16)14-5-8-21-9-6-14)22-10-11-24-18-15(13-20)4-3-7-23-18/h3-9,12H,2,10-11H2,1H3,(H,23,24)(H,22,25,26). The smallest absolute Gasteiger partial charge is 0.161 e. The molecule has 0 aliphatic rings. The van der Waals surface area contributed by atoms with E-state index in [-0.39, 0.29) is 0 Å². The normalized spacial score (nSPS) is 10.2. The molecule has 3 heterocycles. The Morgan fingerprint density at radius 2 is 1.85 bits per heavy atom. The summed E-state index contributed by atoms with van der Waals surface area (Å²) in [6, 6.07) is 11.3. The van der Waals surface area contributed by atoms with Crippen LogP contribution in [0.15, 0.2) is 48.9 Å². The van der Waals surface area contributed by atoms with Crippen LogP contribution in [0.4, 0.5) is 11.6 Å². The van der Waals surface area contributed by atoms with E-state index in [1.54, 1.807) is 30.7 Å². The van der Waals surface area contributed by atoms with Crippen LogP contribution in [0.3, 0.4) is 0 Å². The number of nitriles is 1. The van der Waals surface area contributed by atoms with E-state index in [2.05, 4.69) is 43.6 Å². The highest BCUT2D eigenvalue weighted by atomic mass is 15.1. The summed E-state index contributed by atoms with van der Waals surface area (Å²) >= 11 is 0. The van der Waals surface area contributed by atoms with Gasteiger partial charge in [0.15, 0.2) is 5.82 Å². The average Bonchev–Trinajstić information content (AvgIpc) is 2.72. The third kappa shape index (κ3) is 4.30. The first-order chi connectivity index (χ1) is 12.8. The Bertz CT molecular complexity index is 903. The summed E-state index contributed by atoms with van der Waals surface area (Å²) in [4.78, 5) is 17.4. The number of aromatic nitrogens is 4. The van der Waals surface area contributed by atoms with E-state index >= 15 is 0 Å². The lowest BCUT2D eigenvalue weighted by atomic mass is 10.2. The van der Waals surface area contributed by atoms with Crippen molar-refractivity contribution < 1.29 is 0 Å². The maximum Gasteiger partial charge on any atom is 0.161 e. The first-order valence-corrected chi connectivity index (χ1v) is 8.41. The van der Waals surface area contributed by atoms with Crippen molar-refractivity contribution in [3.05, 3.63) is 60.2 Å². The highest BCUT2D eigenvalue weighted by Gasteiger charge is 2.06. The SMILES string of the molecule is CCc1cc(NCCNc2ncccc2C#N)nc(-c2ccncc2)n1. The molecule has 0 aromatic carbocycles. The Balaban J connectivity index is 1.65. The van der Waals surface area contributed by atoms with Crippen molar-refractivity contribution in [2.45, 2.75) is 13.3 Å². The fourth-order valence-electron chi connectivity index (χ4n) is 2.41. The van der Waals surface area contributed by atoms with Crippen LogP contribution in [0.25, 0.3) is 11.4 Å². The van der Waals surface area contributed by atoms with Crippen LogP contribution < -0.4 is 10.6 Å². The molecule has 0 fully saturated rings. The molecule has 0 atom stereocenters. The Hall–Kier alpha value is -3.53. The van der Waals surface area contributed by atoms with Gasteiger partial charge in [-0.25, -0.2) is 15.0 Å². The minimum atomic E-state index is 0.530. The first kappa shape index (κ1) is 17.3. The fraction of sp³-hybridized carbons (Fsp3) is 0.211. The van der Waals surface area contributed by atoms with E-state index in [4.69, 9.17) is 5.26 Å². The second kappa shape index (κ2) is 8.53. The van der Waals surface area contributed by atoms with Crippen LogP contribution in [-0.4, -0.2) is 33.0 Å². The quantitative estimate of drug-likeness (QED) is 0.635. The maximum atomic E-state index is 9.08. The lowest BCUT2D eigenvalue weighted by molar-refractivity contribution is 0.986. The van der Waals surface area contributed by atoms with Crippen LogP contribution in [0, 0.1) is 11.3 Å². The Labute approximate surface area is 152 Å². The van der Waals surface area contributed by atoms with Crippen LogP contribution >= 0.6 is 0 Å². The molecule has 130 valence electrons. The first-order valence-electron chi connectivity index (χ1n) is 8.41. The van der Waals surface area contributed by atoms with Gasteiger partial charge in [-0.1, -0.05) is 6.92 Å². The molecule has 7 nitrogen and oxygen atoms in total. The molecule has 0 bridgehead atoms. The molecule has 2 N–H and O–H groups in total. The molecule has 0 radical (unpaired) electrons. The van der Waals surface area contributed by atoms with E-state index in [9.17, 15) is 0 Å². The number of anilines is 2. The van der Waals surface area contributed by atoms with Crippen molar-refractivity contribution in [3.63, 3.8) is 0 Å². The Kier molecular flexibility index (Phi) is 5.68. The Morgan fingerprint density at radius 1 is 1.04 bits per heavy atom. The minimum absolute atomic E-state index is 0.530. The zero-order valence-corrected chi connectivity index (χ0v) is 14.5. The van der Waals surface area contributed by atoms with Crippen molar-refractivity contribution >= 4 is 11.6 Å². The summed E-state index contributed by atoms with van der Waals surface area (Å²) in [6.45, 7) is 3.31. The molecule has 0 spiro atoms. The molecule has 0 aliphatic carbocycles. The van der Waals surface area contributed by atoms with E-state index in [0.29, 0.717) is 30.3 Å². The largest absolute Gasteiger partial charge is 0.368 e. The summed E-state index contributed by atoms with van der Waals surface area (Å²) < 4.78 is 0. The van der Waals surface area contributed by atoms with Crippen molar-refractivity contribution in [2.24, 2.45) is 0 Å². The number of aryl methyl sites for hydroxylation is 1. The third-order valence-corrected chi connectivity index (χ3v) is 3.73. The second-order valence-corrected chi connectivity index (χ2v) is 5.52. The molecule has 0 saturated carbocycles. The number of pyridine rings is 2. The third-order valence-electron chi connectivity index (χ3n) is 3.73. The summed E-state index contributed by atoms with van der Waals surface area (Å²) in [5, 5.41) is 15.5. The molecule has 0 unspecified atom stereocenters. The molecule has 3 rings (SSSR count). The fourth-order valence-corrected chi connectivity index (χ4v) is 2.41. The molecule has 26 heavy (non-hydrogen) atoms. The van der Waals surface area contributed by atoms with Gasteiger partial charge in [0.25, 0.3) is 0 Å². The van der Waals surface area contributed by atoms with Gasteiger partial charge in [0, 0.05) is 49.0 Å². The highest BCUT2D eigenvalue weighted by Crippen LogP contribution is 2.17. The van der Waals surface area contributed by atoms with Crippen molar-refractivity contribution in [1.82, 2.24) is 19.9 Å². The van der Waals surface area contributed by atoms with Gasteiger partial charge >= 0.3 is 0 Å². The van der Waals surface area contributed by atoms with Crippen molar-refractivity contribution in [1.29, 1.82) is 5.26 Å². The molecule has 3 aromatic heterocycles. The van der Waals surface area contributed by atoms with Crippen LogP contribution in [0.2, 0.25) is 0 Å². The summed E-state index contributed by atoms with van der Waals surface area (Å²) in [5.74, 6) is 2.04. The summed E-state index contributed by atoms with van der Waals surface area (Å²) in [7, 11) is 0.